The molecule has 0 unspecified atom stereocenters. The highest BCUT2D eigenvalue weighted by Gasteiger charge is 2.04. The van der Waals surface area contributed by atoms with Crippen molar-refractivity contribution in [2.24, 2.45) is 0 Å². The lowest BCUT2D eigenvalue weighted by Crippen LogP contribution is -2.11. The summed E-state index contributed by atoms with van der Waals surface area (Å²) >= 11 is 0. The summed E-state index contributed by atoms with van der Waals surface area (Å²) in [4.78, 5) is 10.2. The van der Waals surface area contributed by atoms with Gasteiger partial charge >= 0.3 is 0 Å². The van der Waals surface area contributed by atoms with Crippen molar-refractivity contribution in [2.45, 2.75) is 6.54 Å². The Morgan fingerprint density at radius 1 is 1.25 bits per heavy atom. The van der Waals surface area contributed by atoms with E-state index in [-0.39, 0.29) is 10.6 Å². The summed E-state index contributed by atoms with van der Waals surface area (Å²) in [5.74, 6) is 0. The van der Waals surface area contributed by atoms with Crippen LogP contribution >= 0.6 is 0 Å². The topological polar surface area (TPSA) is 60.1 Å². The molecule has 0 fully saturated rings. The van der Waals surface area contributed by atoms with Gasteiger partial charge in [0.2, 0.25) is 0 Å². The molecule has 2 aromatic rings. The molecule has 0 aliphatic rings. The normalized spacial score (nSPS) is 10.0. The van der Waals surface area contributed by atoms with Gasteiger partial charge in [0, 0.05) is 24.5 Å². The highest BCUT2D eigenvalue weighted by atomic mass is 16.6. The second kappa shape index (κ2) is 4.48. The van der Waals surface area contributed by atoms with Gasteiger partial charge in [-0.3, -0.25) is 14.8 Å². The average molecular weight is 217 g/mol. The minimum absolute atomic E-state index is 0.117. The van der Waals surface area contributed by atoms with Gasteiger partial charge in [-0.25, -0.2) is 0 Å². The van der Waals surface area contributed by atoms with E-state index in [1.807, 2.05) is 30.6 Å². The van der Waals surface area contributed by atoms with Crippen LogP contribution in [0.1, 0.15) is 5.56 Å². The number of nitro benzene ring substituents is 1. The number of nitrogens with zero attached hydrogens (tertiary/aromatic N) is 2. The van der Waals surface area contributed by atoms with Gasteiger partial charge in [-0.2, -0.15) is 0 Å². The van der Waals surface area contributed by atoms with E-state index >= 15 is 0 Å². The van der Waals surface area contributed by atoms with Gasteiger partial charge in [-0.05, 0) is 17.7 Å². The van der Waals surface area contributed by atoms with Crippen LogP contribution < -0.4 is 5.43 Å². The number of hydrogen-bond donors (Lipinski definition) is 1. The first-order valence-electron chi connectivity index (χ1n) is 4.86. The third kappa shape index (κ3) is 2.38. The minimum atomic E-state index is -0.390. The maximum absolute atomic E-state index is 10.6. The molecule has 0 aliphatic carbocycles. The first-order chi connectivity index (χ1) is 7.75. The van der Waals surface area contributed by atoms with Crippen LogP contribution in [0.15, 0.2) is 48.8 Å². The standard InChI is InChI=1S/C11H11N3O2/c15-14(16)11-5-3-4-10(8-11)9-12-13-6-1-2-7-13/h1-8,12H,9H2. The summed E-state index contributed by atoms with van der Waals surface area (Å²) in [6, 6.07) is 10.4. The Bertz CT molecular complexity index is 480. The van der Waals surface area contributed by atoms with Gasteiger partial charge in [-0.15, -0.1) is 0 Å². The molecule has 0 spiro atoms. The maximum Gasteiger partial charge on any atom is 0.269 e. The molecule has 0 aliphatic heterocycles. The first-order valence-corrected chi connectivity index (χ1v) is 4.86. The molecule has 1 aromatic heterocycles. The number of nitro groups is 1. The summed E-state index contributed by atoms with van der Waals surface area (Å²) in [6.45, 7) is 0.552. The van der Waals surface area contributed by atoms with Crippen molar-refractivity contribution >= 4 is 5.69 Å². The van der Waals surface area contributed by atoms with E-state index in [1.165, 1.54) is 6.07 Å². The number of non-ortho nitro benzene ring substituents is 1. The molecule has 0 bridgehead atoms. The van der Waals surface area contributed by atoms with Crippen LogP contribution in [0.2, 0.25) is 0 Å². The molecule has 1 aromatic carbocycles. The summed E-state index contributed by atoms with van der Waals surface area (Å²) in [5.41, 5.74) is 4.10. The van der Waals surface area contributed by atoms with E-state index < -0.39 is 0 Å². The predicted molar refractivity (Wildman–Crippen MR) is 60.6 cm³/mol. The quantitative estimate of drug-likeness (QED) is 0.630. The van der Waals surface area contributed by atoms with E-state index in [4.69, 9.17) is 0 Å². The summed E-state index contributed by atoms with van der Waals surface area (Å²) in [5, 5.41) is 10.6. The Hall–Kier alpha value is -2.30. The fourth-order valence-electron chi connectivity index (χ4n) is 1.40. The Morgan fingerprint density at radius 3 is 2.69 bits per heavy atom. The zero-order valence-electron chi connectivity index (χ0n) is 8.54. The fourth-order valence-corrected chi connectivity index (χ4v) is 1.40. The molecule has 0 radical (unpaired) electrons. The summed E-state index contributed by atoms with van der Waals surface area (Å²) < 4.78 is 1.80. The molecule has 16 heavy (non-hydrogen) atoms. The molecule has 82 valence electrons. The highest BCUT2D eigenvalue weighted by molar-refractivity contribution is 5.34. The van der Waals surface area contributed by atoms with E-state index in [0.29, 0.717) is 6.54 Å². The van der Waals surface area contributed by atoms with Crippen molar-refractivity contribution in [3.8, 4) is 0 Å². The van der Waals surface area contributed by atoms with Gasteiger partial charge in [0.1, 0.15) is 0 Å². The molecule has 2 rings (SSSR count). The van der Waals surface area contributed by atoms with Gasteiger partial charge < -0.3 is 5.43 Å². The van der Waals surface area contributed by atoms with Gasteiger partial charge in [0.05, 0.1) is 11.5 Å². The van der Waals surface area contributed by atoms with Crippen LogP contribution in [0.4, 0.5) is 5.69 Å². The highest BCUT2D eigenvalue weighted by Crippen LogP contribution is 2.12. The van der Waals surface area contributed by atoms with Crippen molar-refractivity contribution in [3.05, 3.63) is 64.5 Å². The van der Waals surface area contributed by atoms with Crippen molar-refractivity contribution in [1.29, 1.82) is 0 Å². The van der Waals surface area contributed by atoms with Crippen LogP contribution in [0.25, 0.3) is 0 Å². The number of nitrogens with one attached hydrogen (secondary N) is 1. The number of benzene rings is 1. The fraction of sp³-hybridized carbons (Fsp3) is 0.0909. The summed E-state index contributed by atoms with van der Waals surface area (Å²) in [7, 11) is 0. The van der Waals surface area contributed by atoms with E-state index in [0.717, 1.165) is 5.56 Å². The van der Waals surface area contributed by atoms with Crippen LogP contribution in [-0.4, -0.2) is 9.60 Å². The lowest BCUT2D eigenvalue weighted by molar-refractivity contribution is -0.384. The van der Waals surface area contributed by atoms with Crippen LogP contribution in [0.5, 0.6) is 0 Å². The molecular weight excluding hydrogens is 206 g/mol. The number of rotatable bonds is 4. The molecular formula is C11H11N3O2. The first kappa shape index (κ1) is 10.2. The molecule has 1 N–H and O–H groups in total. The minimum Gasteiger partial charge on any atom is -0.322 e. The monoisotopic (exact) mass is 217 g/mol. The molecule has 5 heteroatoms. The molecule has 1 heterocycles. The lowest BCUT2D eigenvalue weighted by Gasteiger charge is -2.06. The third-order valence-electron chi connectivity index (χ3n) is 2.19. The molecule has 0 saturated heterocycles. The third-order valence-corrected chi connectivity index (χ3v) is 2.19. The number of aromatic nitrogens is 1. The van der Waals surface area contributed by atoms with Crippen molar-refractivity contribution in [3.63, 3.8) is 0 Å². The van der Waals surface area contributed by atoms with E-state index in [9.17, 15) is 10.1 Å². The Labute approximate surface area is 92.4 Å². The Morgan fingerprint density at radius 2 is 2.00 bits per heavy atom. The van der Waals surface area contributed by atoms with Crippen molar-refractivity contribution < 1.29 is 4.92 Å². The Balaban J connectivity index is 2.04. The smallest absolute Gasteiger partial charge is 0.269 e. The Kier molecular flexibility index (Phi) is 2.86. The van der Waals surface area contributed by atoms with Gasteiger partial charge in [-0.1, -0.05) is 12.1 Å². The lowest BCUT2D eigenvalue weighted by atomic mass is 10.2. The molecule has 0 saturated carbocycles. The van der Waals surface area contributed by atoms with Gasteiger partial charge in [0.25, 0.3) is 5.69 Å². The van der Waals surface area contributed by atoms with Crippen LogP contribution in [0, 0.1) is 10.1 Å². The van der Waals surface area contributed by atoms with E-state index in [1.54, 1.807) is 16.8 Å². The second-order valence-electron chi connectivity index (χ2n) is 3.35. The van der Waals surface area contributed by atoms with E-state index in [2.05, 4.69) is 5.43 Å². The second-order valence-corrected chi connectivity index (χ2v) is 3.35. The predicted octanol–water partition coefficient (Wildman–Crippen LogP) is 2.14. The van der Waals surface area contributed by atoms with Crippen molar-refractivity contribution in [1.82, 2.24) is 4.68 Å². The molecule has 0 atom stereocenters. The molecule has 5 nitrogen and oxygen atoms in total. The van der Waals surface area contributed by atoms with Gasteiger partial charge in [0.15, 0.2) is 0 Å². The number of hydrogen-bond acceptors (Lipinski definition) is 3. The largest absolute Gasteiger partial charge is 0.322 e. The zero-order chi connectivity index (χ0) is 11.4. The summed E-state index contributed by atoms with van der Waals surface area (Å²) in [6.07, 6.45) is 3.74. The van der Waals surface area contributed by atoms with Crippen LogP contribution in [0.3, 0.4) is 0 Å². The average Bonchev–Trinajstić information content (AvgIpc) is 2.79. The molecule has 0 amide bonds. The van der Waals surface area contributed by atoms with Crippen LogP contribution in [-0.2, 0) is 6.54 Å². The maximum atomic E-state index is 10.6. The zero-order valence-corrected chi connectivity index (χ0v) is 8.54. The SMILES string of the molecule is O=[N+]([O-])c1cccc(CNn2cccc2)c1. The van der Waals surface area contributed by atoms with Crippen molar-refractivity contribution in [2.75, 3.05) is 5.43 Å².